The van der Waals surface area contributed by atoms with E-state index in [1.54, 1.807) is 6.33 Å². The molecule has 0 spiro atoms. The van der Waals surface area contributed by atoms with E-state index in [9.17, 15) is 4.79 Å². The Labute approximate surface area is 150 Å². The quantitative estimate of drug-likeness (QED) is 0.842. The summed E-state index contributed by atoms with van der Waals surface area (Å²) < 4.78 is 2.02. The number of rotatable bonds is 3. The zero-order valence-electron chi connectivity index (χ0n) is 15.4. The van der Waals surface area contributed by atoms with E-state index >= 15 is 0 Å². The molecule has 1 amide bonds. The van der Waals surface area contributed by atoms with Crippen LogP contribution in [0.3, 0.4) is 0 Å². The van der Waals surface area contributed by atoms with Gasteiger partial charge in [0, 0.05) is 38.6 Å². The van der Waals surface area contributed by atoms with Crippen molar-refractivity contribution >= 4 is 5.91 Å². The predicted octanol–water partition coefficient (Wildman–Crippen LogP) is 2.18. The molecule has 1 aliphatic carbocycles. The highest BCUT2D eigenvalue weighted by Crippen LogP contribution is 2.31. The predicted molar refractivity (Wildman–Crippen MR) is 96.1 cm³/mol. The van der Waals surface area contributed by atoms with E-state index in [0.717, 1.165) is 50.8 Å². The summed E-state index contributed by atoms with van der Waals surface area (Å²) in [6, 6.07) is 0.747. The lowest BCUT2D eigenvalue weighted by molar-refractivity contribution is -0.138. The highest BCUT2D eigenvalue weighted by molar-refractivity contribution is 5.79. The molecule has 4 rings (SSSR count). The molecule has 3 heterocycles. The van der Waals surface area contributed by atoms with Crippen molar-refractivity contribution in [2.24, 2.45) is 13.0 Å². The van der Waals surface area contributed by atoms with Crippen LogP contribution in [-0.2, 0) is 11.8 Å². The van der Waals surface area contributed by atoms with E-state index in [0.29, 0.717) is 11.8 Å². The SMILES string of the molecule is Cn1cnnc1C1CCN(C(=O)[C@H]2CCCN(C3CCCC3)C2)CC1. The Morgan fingerprint density at radius 2 is 1.80 bits per heavy atom. The second-order valence-corrected chi connectivity index (χ2v) is 8.17. The van der Waals surface area contributed by atoms with Gasteiger partial charge in [0.1, 0.15) is 12.2 Å². The standard InChI is InChI=1S/C19H31N5O/c1-22-14-20-21-18(22)15-8-11-23(12-9-15)19(25)16-5-4-10-24(13-16)17-6-2-3-7-17/h14-17H,2-13H2,1H3/t16-/m0/s1. The molecule has 1 saturated carbocycles. The lowest BCUT2D eigenvalue weighted by Crippen LogP contribution is -2.49. The fraction of sp³-hybridized carbons (Fsp3) is 0.842. The molecule has 1 aromatic heterocycles. The molecule has 1 aromatic rings. The van der Waals surface area contributed by atoms with Crippen molar-refractivity contribution in [2.75, 3.05) is 26.2 Å². The number of likely N-dealkylation sites (tertiary alicyclic amines) is 2. The molecule has 0 radical (unpaired) electrons. The number of hydrogen-bond donors (Lipinski definition) is 0. The first-order valence-electron chi connectivity index (χ1n) is 10.1. The third-order valence-electron chi connectivity index (χ3n) is 6.56. The zero-order valence-corrected chi connectivity index (χ0v) is 15.4. The average molecular weight is 345 g/mol. The Bertz CT molecular complexity index is 586. The largest absolute Gasteiger partial charge is 0.342 e. The van der Waals surface area contributed by atoms with Crippen molar-refractivity contribution < 1.29 is 4.79 Å². The maximum atomic E-state index is 13.0. The fourth-order valence-electron chi connectivity index (χ4n) is 5.09. The fourth-order valence-corrected chi connectivity index (χ4v) is 5.09. The van der Waals surface area contributed by atoms with Gasteiger partial charge in [-0.3, -0.25) is 9.69 Å². The minimum Gasteiger partial charge on any atom is -0.342 e. The second-order valence-electron chi connectivity index (χ2n) is 8.17. The normalized spacial score (nSPS) is 27.1. The second kappa shape index (κ2) is 7.44. The van der Waals surface area contributed by atoms with Crippen molar-refractivity contribution in [3.8, 4) is 0 Å². The summed E-state index contributed by atoms with van der Waals surface area (Å²) in [6.45, 7) is 3.93. The Morgan fingerprint density at radius 1 is 1.04 bits per heavy atom. The summed E-state index contributed by atoms with van der Waals surface area (Å²) in [7, 11) is 2.01. The molecular formula is C19H31N5O. The van der Waals surface area contributed by atoms with Crippen LogP contribution < -0.4 is 0 Å². The first-order valence-corrected chi connectivity index (χ1v) is 10.1. The van der Waals surface area contributed by atoms with Gasteiger partial charge in [0.25, 0.3) is 0 Å². The van der Waals surface area contributed by atoms with E-state index in [-0.39, 0.29) is 5.92 Å². The smallest absolute Gasteiger partial charge is 0.226 e. The van der Waals surface area contributed by atoms with Crippen LogP contribution in [0.4, 0.5) is 0 Å². The number of piperidine rings is 2. The van der Waals surface area contributed by atoms with Crippen molar-refractivity contribution in [1.29, 1.82) is 0 Å². The molecule has 138 valence electrons. The topological polar surface area (TPSA) is 54.3 Å². The molecule has 3 aliphatic rings. The van der Waals surface area contributed by atoms with Crippen molar-refractivity contribution in [3.05, 3.63) is 12.2 Å². The van der Waals surface area contributed by atoms with Crippen LogP contribution in [0.2, 0.25) is 0 Å². The molecule has 0 unspecified atom stereocenters. The van der Waals surface area contributed by atoms with E-state index in [4.69, 9.17) is 0 Å². The lowest BCUT2D eigenvalue weighted by atomic mass is 9.91. The lowest BCUT2D eigenvalue weighted by Gasteiger charge is -2.39. The Morgan fingerprint density at radius 3 is 2.48 bits per heavy atom. The average Bonchev–Trinajstić information content (AvgIpc) is 3.33. The first-order chi connectivity index (χ1) is 12.2. The highest BCUT2D eigenvalue weighted by Gasteiger charge is 2.34. The van der Waals surface area contributed by atoms with Gasteiger partial charge in [-0.25, -0.2) is 0 Å². The zero-order chi connectivity index (χ0) is 17.2. The van der Waals surface area contributed by atoms with Gasteiger partial charge in [0.15, 0.2) is 0 Å². The maximum absolute atomic E-state index is 13.0. The molecule has 2 aliphatic heterocycles. The van der Waals surface area contributed by atoms with Crippen molar-refractivity contribution in [2.45, 2.75) is 63.3 Å². The van der Waals surface area contributed by atoms with Gasteiger partial charge in [-0.15, -0.1) is 10.2 Å². The van der Waals surface area contributed by atoms with Crippen LogP contribution in [0.15, 0.2) is 6.33 Å². The molecule has 0 aromatic carbocycles. The van der Waals surface area contributed by atoms with Crippen LogP contribution >= 0.6 is 0 Å². The third kappa shape index (κ3) is 3.59. The minimum atomic E-state index is 0.223. The molecular weight excluding hydrogens is 314 g/mol. The van der Waals surface area contributed by atoms with Crippen molar-refractivity contribution in [3.63, 3.8) is 0 Å². The minimum absolute atomic E-state index is 0.223. The summed E-state index contributed by atoms with van der Waals surface area (Å²) in [5, 5.41) is 8.25. The van der Waals surface area contributed by atoms with Crippen LogP contribution in [0.25, 0.3) is 0 Å². The number of hydrogen-bond acceptors (Lipinski definition) is 4. The van der Waals surface area contributed by atoms with Gasteiger partial charge in [0.05, 0.1) is 5.92 Å². The van der Waals surface area contributed by atoms with Crippen LogP contribution in [0.5, 0.6) is 0 Å². The van der Waals surface area contributed by atoms with E-state index < -0.39 is 0 Å². The van der Waals surface area contributed by atoms with E-state index in [2.05, 4.69) is 20.0 Å². The molecule has 3 fully saturated rings. The van der Waals surface area contributed by atoms with Crippen LogP contribution in [-0.4, -0.2) is 62.7 Å². The summed E-state index contributed by atoms with van der Waals surface area (Å²) >= 11 is 0. The van der Waals surface area contributed by atoms with Gasteiger partial charge in [-0.2, -0.15) is 0 Å². The Kier molecular flexibility index (Phi) is 5.06. The van der Waals surface area contributed by atoms with E-state index in [1.165, 1.54) is 38.6 Å². The van der Waals surface area contributed by atoms with Crippen LogP contribution in [0.1, 0.15) is 63.1 Å². The Balaban J connectivity index is 1.31. The van der Waals surface area contributed by atoms with Gasteiger partial charge in [-0.1, -0.05) is 12.8 Å². The molecule has 0 bridgehead atoms. The monoisotopic (exact) mass is 345 g/mol. The Hall–Kier alpha value is -1.43. The number of aryl methyl sites for hydroxylation is 1. The summed E-state index contributed by atoms with van der Waals surface area (Å²) in [6.07, 6.45) is 11.5. The summed E-state index contributed by atoms with van der Waals surface area (Å²) in [4.78, 5) is 17.8. The molecule has 0 N–H and O–H groups in total. The maximum Gasteiger partial charge on any atom is 0.226 e. The number of amides is 1. The van der Waals surface area contributed by atoms with Crippen LogP contribution in [0, 0.1) is 5.92 Å². The molecule has 6 nitrogen and oxygen atoms in total. The van der Waals surface area contributed by atoms with Gasteiger partial charge in [0.2, 0.25) is 5.91 Å². The first kappa shape index (κ1) is 17.0. The number of nitrogens with zero attached hydrogens (tertiary/aromatic N) is 5. The van der Waals surface area contributed by atoms with E-state index in [1.807, 2.05) is 11.6 Å². The summed E-state index contributed by atoms with van der Waals surface area (Å²) in [5.41, 5.74) is 0. The highest BCUT2D eigenvalue weighted by atomic mass is 16.2. The summed E-state index contributed by atoms with van der Waals surface area (Å²) in [5.74, 6) is 2.13. The van der Waals surface area contributed by atoms with Gasteiger partial charge < -0.3 is 9.47 Å². The molecule has 1 atom stereocenters. The molecule has 25 heavy (non-hydrogen) atoms. The molecule has 2 saturated heterocycles. The van der Waals surface area contributed by atoms with Gasteiger partial charge >= 0.3 is 0 Å². The van der Waals surface area contributed by atoms with Gasteiger partial charge in [-0.05, 0) is 45.1 Å². The number of carbonyl (C=O) groups is 1. The van der Waals surface area contributed by atoms with Crippen molar-refractivity contribution in [1.82, 2.24) is 24.6 Å². The molecule has 6 heteroatoms. The number of carbonyl (C=O) groups excluding carboxylic acids is 1. The number of aromatic nitrogens is 3. The third-order valence-corrected chi connectivity index (χ3v) is 6.56.